The quantitative estimate of drug-likeness (QED) is 0.868. The lowest BCUT2D eigenvalue weighted by Gasteiger charge is -2.34. The van der Waals surface area contributed by atoms with Crippen molar-refractivity contribution in [2.24, 2.45) is 11.7 Å². The summed E-state index contributed by atoms with van der Waals surface area (Å²) < 4.78 is 2.43. The molecule has 2 fully saturated rings. The number of hydrogen-bond acceptors (Lipinski definition) is 2. The Kier molecular flexibility index (Phi) is 6.98. The largest absolute Gasteiger partial charge is 0.345 e. The van der Waals surface area contributed by atoms with Crippen molar-refractivity contribution in [3.8, 4) is 0 Å². The van der Waals surface area contributed by atoms with E-state index in [0.717, 1.165) is 37.2 Å². The third-order valence-corrected chi connectivity index (χ3v) is 6.14. The maximum absolute atomic E-state index is 13.1. The fourth-order valence-electron chi connectivity index (χ4n) is 4.69. The molecule has 0 bridgehead atoms. The van der Waals surface area contributed by atoms with Crippen LogP contribution in [0.5, 0.6) is 0 Å². The van der Waals surface area contributed by atoms with Crippen molar-refractivity contribution in [1.82, 2.24) is 9.47 Å². The fourth-order valence-corrected chi connectivity index (χ4v) is 4.69. The maximum Gasteiger partial charge on any atom is 0.255 e. The summed E-state index contributed by atoms with van der Waals surface area (Å²) in [5, 5.41) is 0. The minimum atomic E-state index is 0. The third-order valence-electron chi connectivity index (χ3n) is 6.14. The molecule has 1 aliphatic carbocycles. The van der Waals surface area contributed by atoms with Gasteiger partial charge in [0.25, 0.3) is 5.91 Å². The average Bonchev–Trinajstić information content (AvgIpc) is 2.89. The smallest absolute Gasteiger partial charge is 0.255 e. The van der Waals surface area contributed by atoms with E-state index in [2.05, 4.69) is 31.4 Å². The van der Waals surface area contributed by atoms with Crippen LogP contribution in [0.2, 0.25) is 0 Å². The van der Waals surface area contributed by atoms with E-state index in [1.807, 2.05) is 4.90 Å². The van der Waals surface area contributed by atoms with Gasteiger partial charge in [-0.05, 0) is 58.4 Å². The van der Waals surface area contributed by atoms with Crippen molar-refractivity contribution in [1.29, 1.82) is 0 Å². The van der Waals surface area contributed by atoms with Gasteiger partial charge in [0.15, 0.2) is 0 Å². The molecule has 5 heteroatoms. The van der Waals surface area contributed by atoms with Gasteiger partial charge >= 0.3 is 0 Å². The lowest BCUT2D eigenvalue weighted by molar-refractivity contribution is 0.0660. The van der Waals surface area contributed by atoms with Crippen molar-refractivity contribution in [3.05, 3.63) is 23.0 Å². The van der Waals surface area contributed by atoms with Crippen LogP contribution in [0.25, 0.3) is 0 Å². The van der Waals surface area contributed by atoms with Crippen LogP contribution in [-0.2, 0) is 0 Å². The van der Waals surface area contributed by atoms with Gasteiger partial charge in [-0.2, -0.15) is 0 Å². The first-order valence-electron chi connectivity index (χ1n) is 9.72. The number of aromatic nitrogens is 1. The normalized spacial score (nSPS) is 23.2. The number of hydrogen-bond donors (Lipinski definition) is 1. The van der Waals surface area contributed by atoms with Crippen molar-refractivity contribution < 1.29 is 4.79 Å². The van der Waals surface area contributed by atoms with Crippen LogP contribution in [0.1, 0.15) is 79.7 Å². The SMILES string of the molecule is Cc1cc(C(=O)N2CCCC(C(C)N)C2)c(C)n1C1CCCCC1.Cl. The summed E-state index contributed by atoms with van der Waals surface area (Å²) in [4.78, 5) is 15.1. The Balaban J connectivity index is 0.00000225. The number of halogens is 1. The van der Waals surface area contributed by atoms with Crippen LogP contribution in [0.15, 0.2) is 6.07 Å². The molecule has 25 heavy (non-hydrogen) atoms. The van der Waals surface area contributed by atoms with E-state index in [0.29, 0.717) is 12.0 Å². The van der Waals surface area contributed by atoms with E-state index in [1.54, 1.807) is 0 Å². The number of nitrogens with zero attached hydrogens (tertiary/aromatic N) is 2. The number of carbonyl (C=O) groups excluding carboxylic acids is 1. The van der Waals surface area contributed by atoms with E-state index in [-0.39, 0.29) is 24.4 Å². The van der Waals surface area contributed by atoms with Crippen LogP contribution in [0.3, 0.4) is 0 Å². The second-order valence-corrected chi connectivity index (χ2v) is 7.96. The number of piperidine rings is 1. The zero-order valence-electron chi connectivity index (χ0n) is 16.0. The van der Waals surface area contributed by atoms with Crippen LogP contribution in [0, 0.1) is 19.8 Å². The highest BCUT2D eigenvalue weighted by Crippen LogP contribution is 2.33. The Morgan fingerprint density at radius 2 is 1.84 bits per heavy atom. The highest BCUT2D eigenvalue weighted by Gasteiger charge is 2.29. The summed E-state index contributed by atoms with van der Waals surface area (Å²) in [5.41, 5.74) is 9.39. The Morgan fingerprint density at radius 3 is 2.48 bits per heavy atom. The molecule has 142 valence electrons. The number of carbonyl (C=O) groups is 1. The van der Waals surface area contributed by atoms with Crippen molar-refractivity contribution >= 4 is 18.3 Å². The van der Waals surface area contributed by atoms with Crippen molar-refractivity contribution in [3.63, 3.8) is 0 Å². The molecule has 3 rings (SSSR count). The van der Waals surface area contributed by atoms with E-state index >= 15 is 0 Å². The molecule has 4 nitrogen and oxygen atoms in total. The first-order valence-corrected chi connectivity index (χ1v) is 9.72. The molecular weight excluding hydrogens is 334 g/mol. The average molecular weight is 368 g/mol. The molecule has 2 aliphatic rings. The Hall–Kier alpha value is -1.000. The lowest BCUT2D eigenvalue weighted by Crippen LogP contribution is -2.45. The molecule has 0 spiro atoms. The Bertz CT molecular complexity index is 590. The molecule has 1 saturated carbocycles. The van der Waals surface area contributed by atoms with E-state index in [1.165, 1.54) is 37.8 Å². The molecule has 1 aliphatic heterocycles. The monoisotopic (exact) mass is 367 g/mol. The lowest BCUT2D eigenvalue weighted by atomic mass is 9.92. The maximum atomic E-state index is 13.1. The molecule has 2 heterocycles. The van der Waals surface area contributed by atoms with E-state index in [4.69, 9.17) is 5.73 Å². The highest BCUT2D eigenvalue weighted by molar-refractivity contribution is 5.95. The first kappa shape index (κ1) is 20.3. The second kappa shape index (κ2) is 8.59. The molecule has 1 aromatic heterocycles. The van der Waals surface area contributed by atoms with Gasteiger partial charge in [0.2, 0.25) is 0 Å². The zero-order chi connectivity index (χ0) is 17.3. The van der Waals surface area contributed by atoms with Gasteiger partial charge in [0.05, 0.1) is 5.56 Å². The van der Waals surface area contributed by atoms with Gasteiger partial charge in [-0.1, -0.05) is 19.3 Å². The molecular formula is C20H34ClN3O. The van der Waals surface area contributed by atoms with Crippen LogP contribution in [-0.4, -0.2) is 34.5 Å². The van der Waals surface area contributed by atoms with Gasteiger partial charge in [0.1, 0.15) is 0 Å². The summed E-state index contributed by atoms with van der Waals surface area (Å²) in [7, 11) is 0. The molecule has 1 saturated heterocycles. The molecule has 2 N–H and O–H groups in total. The van der Waals surface area contributed by atoms with E-state index in [9.17, 15) is 4.79 Å². The molecule has 2 atom stereocenters. The number of likely N-dealkylation sites (tertiary alicyclic amines) is 1. The third kappa shape index (κ3) is 4.22. The van der Waals surface area contributed by atoms with Crippen molar-refractivity contribution in [2.75, 3.05) is 13.1 Å². The van der Waals surface area contributed by atoms with Crippen LogP contribution in [0.4, 0.5) is 0 Å². The Morgan fingerprint density at radius 1 is 1.16 bits per heavy atom. The van der Waals surface area contributed by atoms with E-state index < -0.39 is 0 Å². The van der Waals surface area contributed by atoms with Gasteiger partial charge in [-0.15, -0.1) is 12.4 Å². The Labute approximate surface area is 158 Å². The highest BCUT2D eigenvalue weighted by atomic mass is 35.5. The summed E-state index contributed by atoms with van der Waals surface area (Å²) in [5.74, 6) is 0.639. The topological polar surface area (TPSA) is 51.3 Å². The summed E-state index contributed by atoms with van der Waals surface area (Å²) >= 11 is 0. The minimum Gasteiger partial charge on any atom is -0.345 e. The number of nitrogens with two attached hydrogens (primary N) is 1. The molecule has 2 unspecified atom stereocenters. The predicted molar refractivity (Wildman–Crippen MR) is 106 cm³/mol. The van der Waals surface area contributed by atoms with Gasteiger partial charge in [0, 0.05) is 36.6 Å². The fraction of sp³-hybridized carbons (Fsp3) is 0.750. The van der Waals surface area contributed by atoms with Gasteiger partial charge < -0.3 is 15.2 Å². The van der Waals surface area contributed by atoms with Gasteiger partial charge in [-0.3, -0.25) is 4.79 Å². The molecule has 0 radical (unpaired) electrons. The number of amides is 1. The summed E-state index contributed by atoms with van der Waals surface area (Å²) in [6.45, 7) is 8.02. The minimum absolute atomic E-state index is 0. The molecule has 1 aromatic rings. The zero-order valence-corrected chi connectivity index (χ0v) is 16.8. The van der Waals surface area contributed by atoms with Crippen LogP contribution >= 0.6 is 12.4 Å². The number of rotatable bonds is 3. The second-order valence-electron chi connectivity index (χ2n) is 7.96. The number of aryl methyl sites for hydroxylation is 1. The summed E-state index contributed by atoms with van der Waals surface area (Å²) in [6.07, 6.45) is 8.69. The summed E-state index contributed by atoms with van der Waals surface area (Å²) in [6, 6.07) is 2.86. The predicted octanol–water partition coefficient (Wildman–Crippen LogP) is 4.23. The molecule has 0 aromatic carbocycles. The molecule has 1 amide bonds. The van der Waals surface area contributed by atoms with Crippen LogP contribution < -0.4 is 5.73 Å². The van der Waals surface area contributed by atoms with Gasteiger partial charge in [-0.25, -0.2) is 0 Å². The first-order chi connectivity index (χ1) is 11.5. The standard InChI is InChI=1S/C20H33N3O.ClH/c1-14-12-19(16(3)23(14)18-9-5-4-6-10-18)20(24)22-11-7-8-17(13-22)15(2)21;/h12,15,17-18H,4-11,13,21H2,1-3H3;1H. The van der Waals surface area contributed by atoms with Crippen molar-refractivity contribution in [2.45, 2.75) is 77.8 Å².